The molecular formula is C38H37O7P. The molecular weight excluding hydrogens is 599 g/mol. The molecule has 0 aliphatic heterocycles. The first-order chi connectivity index (χ1) is 22.5. The van der Waals surface area contributed by atoms with Gasteiger partial charge in [-0.25, -0.2) is 9.78 Å². The lowest BCUT2D eigenvalue weighted by Crippen LogP contribution is -2.48. The Balaban J connectivity index is 1.60. The monoisotopic (exact) mass is 636 g/mol. The Morgan fingerprint density at radius 2 is 0.870 bits per heavy atom. The number of rotatable bonds is 17. The number of hydrogen-bond donors (Lipinski definition) is 1. The lowest BCUT2D eigenvalue weighted by atomic mass is 9.72. The molecule has 0 aliphatic carbocycles. The van der Waals surface area contributed by atoms with Gasteiger partial charge in [-0.1, -0.05) is 152 Å². The average molecular weight is 637 g/mol. The van der Waals surface area contributed by atoms with Gasteiger partial charge in [0, 0.05) is 0 Å². The van der Waals surface area contributed by atoms with E-state index in [-0.39, 0.29) is 32.5 Å². The minimum Gasteiger partial charge on any atom is -0.481 e. The molecule has 5 rings (SSSR count). The van der Waals surface area contributed by atoms with Gasteiger partial charge in [0.2, 0.25) is 0 Å². The van der Waals surface area contributed by atoms with E-state index in [2.05, 4.69) is 0 Å². The van der Waals surface area contributed by atoms with Crippen LogP contribution in [0.3, 0.4) is 0 Å². The Bertz CT molecular complexity index is 1580. The van der Waals surface area contributed by atoms with Gasteiger partial charge in [0.05, 0.1) is 11.1 Å². The van der Waals surface area contributed by atoms with Crippen LogP contribution in [-0.4, -0.2) is 16.7 Å². The topological polar surface area (TPSA) is 91.3 Å². The van der Waals surface area contributed by atoms with Gasteiger partial charge in [-0.05, 0) is 47.1 Å². The standard InChI is InChI=1S/C38H37O7P/c39-37(40)38(27-32-18-8-2-9-19-32,28-33-20-10-3-11-21-33)36(26-31-16-6-1-7-17-31)46(41,44-42-29-34-22-12-4-13-23-34)45-43-30-35-24-14-5-15-25-35/h1-25,36H,26-30H2,(H,39,40). The van der Waals surface area contributed by atoms with Crippen LogP contribution in [0.25, 0.3) is 0 Å². The van der Waals surface area contributed by atoms with Crippen molar-refractivity contribution in [3.8, 4) is 0 Å². The van der Waals surface area contributed by atoms with Crippen LogP contribution in [0.15, 0.2) is 152 Å². The summed E-state index contributed by atoms with van der Waals surface area (Å²) in [5.41, 5.74) is 0.917. The fraction of sp³-hybridized carbons (Fsp3) is 0.184. The number of benzene rings is 5. The third kappa shape index (κ3) is 8.88. The molecule has 5 aromatic carbocycles. The molecule has 0 fully saturated rings. The summed E-state index contributed by atoms with van der Waals surface area (Å²) < 4.78 is 26.8. The molecule has 0 spiro atoms. The van der Waals surface area contributed by atoms with Crippen LogP contribution in [-0.2, 0) is 61.0 Å². The molecule has 5 aromatic rings. The molecule has 1 atom stereocenters. The Labute approximate surface area is 269 Å². The first kappa shape index (κ1) is 33.0. The zero-order chi connectivity index (χ0) is 32.1. The van der Waals surface area contributed by atoms with Gasteiger partial charge in [-0.2, -0.15) is 0 Å². The summed E-state index contributed by atoms with van der Waals surface area (Å²) >= 11 is 0. The summed E-state index contributed by atoms with van der Waals surface area (Å²) in [6.45, 7) is -0.0786. The summed E-state index contributed by atoms with van der Waals surface area (Å²) in [4.78, 5) is 25.0. The van der Waals surface area contributed by atoms with Crippen molar-refractivity contribution in [2.45, 2.75) is 38.1 Å². The van der Waals surface area contributed by atoms with Crippen LogP contribution >= 0.6 is 7.60 Å². The second-order valence-corrected chi connectivity index (χ2v) is 13.2. The lowest BCUT2D eigenvalue weighted by molar-refractivity contribution is -0.279. The Hall–Kier alpha value is -4.36. The zero-order valence-electron chi connectivity index (χ0n) is 25.4. The normalized spacial score (nSPS) is 12.4. The maximum Gasteiger partial charge on any atom is 0.388 e. The zero-order valence-corrected chi connectivity index (χ0v) is 26.3. The minimum atomic E-state index is -4.54. The Kier molecular flexibility index (Phi) is 11.7. The third-order valence-corrected chi connectivity index (χ3v) is 9.96. The fourth-order valence-electron chi connectivity index (χ4n) is 5.56. The van der Waals surface area contributed by atoms with Crippen molar-refractivity contribution in [1.29, 1.82) is 0 Å². The third-order valence-electron chi connectivity index (χ3n) is 7.89. The minimum absolute atomic E-state index is 0.0393. The Morgan fingerprint density at radius 3 is 1.22 bits per heavy atom. The highest BCUT2D eigenvalue weighted by molar-refractivity contribution is 7.54. The SMILES string of the molecule is O=C(O)C(Cc1ccccc1)(Cc1ccccc1)C(Cc1ccccc1)P(=O)(OOCc1ccccc1)OOCc1ccccc1. The van der Waals surface area contributed by atoms with E-state index >= 15 is 4.57 Å². The molecule has 7 nitrogen and oxygen atoms in total. The summed E-state index contributed by atoms with van der Waals surface area (Å²) in [6, 6.07) is 46.5. The largest absolute Gasteiger partial charge is 0.481 e. The molecule has 0 saturated carbocycles. The van der Waals surface area contributed by atoms with E-state index in [1.165, 1.54) is 0 Å². The number of carboxylic acid groups (broad SMARTS) is 1. The summed E-state index contributed by atoms with van der Waals surface area (Å²) in [5, 5.41) is 11.3. The van der Waals surface area contributed by atoms with Gasteiger partial charge >= 0.3 is 13.6 Å². The summed E-state index contributed by atoms with van der Waals surface area (Å²) in [5.74, 6) is -1.14. The predicted octanol–water partition coefficient (Wildman–Crippen LogP) is 8.64. The molecule has 1 unspecified atom stereocenters. The van der Waals surface area contributed by atoms with Crippen LogP contribution in [0.2, 0.25) is 0 Å². The highest BCUT2D eigenvalue weighted by Crippen LogP contribution is 2.62. The second kappa shape index (κ2) is 16.3. The number of hydrogen-bond acceptors (Lipinski definition) is 6. The van der Waals surface area contributed by atoms with Gasteiger partial charge in [-0.15, -0.1) is 9.35 Å². The molecule has 0 amide bonds. The molecule has 0 aromatic heterocycles. The van der Waals surface area contributed by atoms with E-state index in [0.717, 1.165) is 27.8 Å². The van der Waals surface area contributed by atoms with E-state index in [9.17, 15) is 9.90 Å². The first-order valence-electron chi connectivity index (χ1n) is 15.1. The van der Waals surface area contributed by atoms with E-state index in [0.29, 0.717) is 0 Å². The molecule has 0 aliphatic rings. The Morgan fingerprint density at radius 1 is 0.543 bits per heavy atom. The van der Waals surface area contributed by atoms with Crippen LogP contribution < -0.4 is 0 Å². The predicted molar refractivity (Wildman–Crippen MR) is 177 cm³/mol. The van der Waals surface area contributed by atoms with Crippen LogP contribution in [0.5, 0.6) is 0 Å². The molecule has 1 N–H and O–H groups in total. The quantitative estimate of drug-likeness (QED) is 0.0621. The molecule has 0 bridgehead atoms. The maximum atomic E-state index is 15.3. The number of aliphatic carboxylic acids is 1. The van der Waals surface area contributed by atoms with Gasteiger partial charge < -0.3 is 5.11 Å². The molecule has 0 heterocycles. The van der Waals surface area contributed by atoms with Crippen molar-refractivity contribution in [3.63, 3.8) is 0 Å². The van der Waals surface area contributed by atoms with Crippen molar-refractivity contribution in [3.05, 3.63) is 179 Å². The van der Waals surface area contributed by atoms with Crippen LogP contribution in [0.4, 0.5) is 0 Å². The van der Waals surface area contributed by atoms with Gasteiger partial charge in [0.15, 0.2) is 0 Å². The highest BCUT2D eigenvalue weighted by atomic mass is 31.2. The molecule has 0 saturated heterocycles. The fourth-order valence-corrected chi connectivity index (χ4v) is 7.52. The van der Waals surface area contributed by atoms with Crippen LogP contribution in [0, 0.1) is 5.41 Å². The van der Waals surface area contributed by atoms with Crippen LogP contribution in [0.1, 0.15) is 27.8 Å². The summed E-state index contributed by atoms with van der Waals surface area (Å²) in [6.07, 6.45) is 0.140. The lowest BCUT2D eigenvalue weighted by Gasteiger charge is -2.39. The number of carboxylic acids is 1. The highest BCUT2D eigenvalue weighted by Gasteiger charge is 2.57. The van der Waals surface area contributed by atoms with Crippen molar-refractivity contribution in [2.75, 3.05) is 0 Å². The van der Waals surface area contributed by atoms with Crippen molar-refractivity contribution >= 4 is 13.6 Å². The maximum absolute atomic E-state index is 15.3. The van der Waals surface area contributed by atoms with Crippen molar-refractivity contribution in [1.82, 2.24) is 0 Å². The molecule has 8 heteroatoms. The van der Waals surface area contributed by atoms with E-state index in [4.69, 9.17) is 19.1 Å². The van der Waals surface area contributed by atoms with Crippen molar-refractivity contribution < 1.29 is 33.6 Å². The molecule has 0 radical (unpaired) electrons. The van der Waals surface area contributed by atoms with E-state index in [1.807, 2.05) is 152 Å². The second-order valence-electron chi connectivity index (χ2n) is 11.2. The molecule has 46 heavy (non-hydrogen) atoms. The number of carbonyl (C=O) groups is 1. The van der Waals surface area contributed by atoms with Crippen molar-refractivity contribution in [2.24, 2.45) is 5.41 Å². The summed E-state index contributed by atoms with van der Waals surface area (Å²) in [7, 11) is -4.54. The first-order valence-corrected chi connectivity index (χ1v) is 16.7. The average Bonchev–Trinajstić information content (AvgIpc) is 3.09. The van der Waals surface area contributed by atoms with Gasteiger partial charge in [-0.3, -0.25) is 9.36 Å². The molecule has 236 valence electrons. The van der Waals surface area contributed by atoms with Gasteiger partial charge in [0.25, 0.3) is 0 Å². The van der Waals surface area contributed by atoms with E-state index < -0.39 is 24.6 Å². The van der Waals surface area contributed by atoms with E-state index in [1.54, 1.807) is 0 Å². The van der Waals surface area contributed by atoms with Gasteiger partial charge in [0.1, 0.15) is 13.2 Å². The smallest absolute Gasteiger partial charge is 0.388 e.